The molecule has 1 aromatic carbocycles. The summed E-state index contributed by atoms with van der Waals surface area (Å²) in [6.07, 6.45) is 0. The van der Waals surface area contributed by atoms with Crippen LogP contribution in [-0.4, -0.2) is 5.11 Å². The van der Waals surface area contributed by atoms with E-state index in [0.717, 1.165) is 18.2 Å². The van der Waals surface area contributed by atoms with E-state index in [1.807, 2.05) is 0 Å². The molecule has 4 heteroatoms. The van der Waals surface area contributed by atoms with E-state index >= 15 is 0 Å². The van der Waals surface area contributed by atoms with E-state index in [0.29, 0.717) is 6.92 Å². The molecule has 1 aromatic rings. The number of phenolic OH excluding ortho intramolecular Hbond substituents is 1. The van der Waals surface area contributed by atoms with Crippen LogP contribution in [0, 0.1) is 5.82 Å². The SMILES string of the molecule is CC(F)(F)c1ccc(F)c(O)c1. The highest BCUT2D eigenvalue weighted by Gasteiger charge is 2.24. The first kappa shape index (κ1) is 8.90. The van der Waals surface area contributed by atoms with Crippen LogP contribution in [0.1, 0.15) is 12.5 Å². The summed E-state index contributed by atoms with van der Waals surface area (Å²) in [6, 6.07) is 2.46. The zero-order valence-electron chi connectivity index (χ0n) is 6.31. The van der Waals surface area contributed by atoms with Crippen molar-refractivity contribution >= 4 is 0 Å². The molecule has 0 spiro atoms. The largest absolute Gasteiger partial charge is 0.505 e. The quantitative estimate of drug-likeness (QED) is 0.697. The van der Waals surface area contributed by atoms with Crippen molar-refractivity contribution < 1.29 is 18.3 Å². The molecule has 0 aliphatic rings. The first-order valence-electron chi connectivity index (χ1n) is 3.28. The van der Waals surface area contributed by atoms with Gasteiger partial charge in [-0.1, -0.05) is 0 Å². The molecule has 1 rings (SSSR count). The van der Waals surface area contributed by atoms with Crippen molar-refractivity contribution in [1.82, 2.24) is 0 Å². The molecule has 0 amide bonds. The van der Waals surface area contributed by atoms with Crippen LogP contribution < -0.4 is 0 Å². The summed E-state index contributed by atoms with van der Waals surface area (Å²) in [6.45, 7) is 0.680. The molecule has 0 fully saturated rings. The van der Waals surface area contributed by atoms with Gasteiger partial charge in [-0.2, -0.15) is 0 Å². The Morgan fingerprint density at radius 1 is 1.33 bits per heavy atom. The molecule has 0 aliphatic carbocycles. The number of phenols is 1. The molecule has 0 atom stereocenters. The molecule has 0 saturated carbocycles. The highest BCUT2D eigenvalue weighted by molar-refractivity contribution is 5.31. The third kappa shape index (κ3) is 1.69. The number of hydrogen-bond donors (Lipinski definition) is 1. The number of halogens is 3. The van der Waals surface area contributed by atoms with Gasteiger partial charge in [0.05, 0.1) is 0 Å². The summed E-state index contributed by atoms with van der Waals surface area (Å²) >= 11 is 0. The number of hydrogen-bond acceptors (Lipinski definition) is 1. The average Bonchev–Trinajstić information content (AvgIpc) is 1.92. The van der Waals surface area contributed by atoms with Gasteiger partial charge >= 0.3 is 0 Å². The first-order chi connectivity index (χ1) is 5.41. The Kier molecular flexibility index (Phi) is 2.00. The van der Waals surface area contributed by atoms with E-state index in [1.165, 1.54) is 0 Å². The van der Waals surface area contributed by atoms with Gasteiger partial charge in [0, 0.05) is 12.5 Å². The lowest BCUT2D eigenvalue weighted by atomic mass is 10.1. The average molecular weight is 176 g/mol. The van der Waals surface area contributed by atoms with Crippen molar-refractivity contribution in [2.75, 3.05) is 0 Å². The first-order valence-corrected chi connectivity index (χ1v) is 3.28. The molecule has 0 radical (unpaired) electrons. The molecule has 0 aromatic heterocycles. The lowest BCUT2D eigenvalue weighted by molar-refractivity contribution is 0.0171. The maximum atomic E-state index is 12.5. The van der Waals surface area contributed by atoms with Gasteiger partial charge < -0.3 is 5.11 Å². The van der Waals surface area contributed by atoms with Crippen molar-refractivity contribution in [1.29, 1.82) is 0 Å². The minimum atomic E-state index is -3.05. The second-order valence-electron chi connectivity index (χ2n) is 2.55. The maximum absolute atomic E-state index is 12.5. The summed E-state index contributed by atoms with van der Waals surface area (Å²) in [5.41, 5.74) is -0.401. The zero-order valence-corrected chi connectivity index (χ0v) is 6.31. The predicted molar refractivity (Wildman–Crippen MR) is 37.6 cm³/mol. The van der Waals surface area contributed by atoms with Crippen molar-refractivity contribution in [3.63, 3.8) is 0 Å². The fourth-order valence-electron chi connectivity index (χ4n) is 0.786. The highest BCUT2D eigenvalue weighted by atomic mass is 19.3. The lowest BCUT2D eigenvalue weighted by Gasteiger charge is -2.10. The summed E-state index contributed by atoms with van der Waals surface area (Å²) in [7, 11) is 0. The minimum Gasteiger partial charge on any atom is -0.505 e. The zero-order chi connectivity index (χ0) is 9.35. The molecule has 12 heavy (non-hydrogen) atoms. The molecule has 0 saturated heterocycles. The van der Waals surface area contributed by atoms with Crippen LogP contribution in [0.5, 0.6) is 5.75 Å². The smallest absolute Gasteiger partial charge is 0.270 e. The Bertz CT molecular complexity index is 291. The van der Waals surface area contributed by atoms with Crippen molar-refractivity contribution in [2.45, 2.75) is 12.8 Å². The van der Waals surface area contributed by atoms with Crippen LogP contribution in [0.15, 0.2) is 18.2 Å². The molecule has 1 N–H and O–H groups in total. The van der Waals surface area contributed by atoms with Crippen molar-refractivity contribution in [3.8, 4) is 5.75 Å². The molecular weight excluding hydrogens is 169 g/mol. The number of aromatic hydroxyl groups is 1. The standard InChI is InChI=1S/C8H7F3O/c1-8(10,11)5-2-3-6(9)7(12)4-5/h2-4,12H,1H3. The van der Waals surface area contributed by atoms with Crippen LogP contribution in [0.3, 0.4) is 0 Å². The second-order valence-corrected chi connectivity index (χ2v) is 2.55. The van der Waals surface area contributed by atoms with E-state index in [2.05, 4.69) is 0 Å². The van der Waals surface area contributed by atoms with Gasteiger partial charge in [0.1, 0.15) is 0 Å². The van der Waals surface area contributed by atoms with Gasteiger partial charge in [-0.15, -0.1) is 0 Å². The van der Waals surface area contributed by atoms with E-state index in [4.69, 9.17) is 5.11 Å². The van der Waals surface area contributed by atoms with Gasteiger partial charge in [0.25, 0.3) is 5.92 Å². The van der Waals surface area contributed by atoms with E-state index in [1.54, 1.807) is 0 Å². The van der Waals surface area contributed by atoms with Crippen LogP contribution in [-0.2, 0) is 5.92 Å². The summed E-state index contributed by atoms with van der Waals surface area (Å²) in [5.74, 6) is -4.71. The Hall–Kier alpha value is -1.19. The third-order valence-corrected chi connectivity index (χ3v) is 1.45. The third-order valence-electron chi connectivity index (χ3n) is 1.45. The van der Waals surface area contributed by atoms with Gasteiger partial charge in [0.15, 0.2) is 11.6 Å². The summed E-state index contributed by atoms with van der Waals surface area (Å²) in [5, 5.41) is 8.76. The normalized spacial score (nSPS) is 11.7. The van der Waals surface area contributed by atoms with Gasteiger partial charge in [-0.05, 0) is 18.2 Å². The summed E-state index contributed by atoms with van der Waals surface area (Å²) < 4.78 is 37.5. The predicted octanol–water partition coefficient (Wildman–Crippen LogP) is 2.64. The van der Waals surface area contributed by atoms with Crippen LogP contribution in [0.4, 0.5) is 13.2 Å². The topological polar surface area (TPSA) is 20.2 Å². The van der Waals surface area contributed by atoms with E-state index < -0.39 is 23.1 Å². The maximum Gasteiger partial charge on any atom is 0.270 e. The summed E-state index contributed by atoms with van der Waals surface area (Å²) in [4.78, 5) is 0. The van der Waals surface area contributed by atoms with Crippen molar-refractivity contribution in [2.24, 2.45) is 0 Å². The second kappa shape index (κ2) is 2.69. The van der Waals surface area contributed by atoms with Gasteiger partial charge in [-0.3, -0.25) is 0 Å². The van der Waals surface area contributed by atoms with Crippen molar-refractivity contribution in [3.05, 3.63) is 29.6 Å². The monoisotopic (exact) mass is 176 g/mol. The molecule has 0 bridgehead atoms. The van der Waals surface area contributed by atoms with E-state index in [9.17, 15) is 13.2 Å². The fourth-order valence-corrected chi connectivity index (χ4v) is 0.786. The lowest BCUT2D eigenvalue weighted by Crippen LogP contribution is -2.06. The fraction of sp³-hybridized carbons (Fsp3) is 0.250. The Labute approximate surface area is 67.5 Å². The van der Waals surface area contributed by atoms with Crippen LogP contribution in [0.25, 0.3) is 0 Å². The molecule has 0 unspecified atom stereocenters. The van der Waals surface area contributed by atoms with Gasteiger partial charge in [0.2, 0.25) is 0 Å². The molecular formula is C8H7F3O. The number of benzene rings is 1. The Morgan fingerprint density at radius 3 is 2.33 bits per heavy atom. The highest BCUT2D eigenvalue weighted by Crippen LogP contribution is 2.30. The van der Waals surface area contributed by atoms with Crippen LogP contribution >= 0.6 is 0 Å². The molecule has 0 aliphatic heterocycles. The molecule has 66 valence electrons. The van der Waals surface area contributed by atoms with Gasteiger partial charge in [-0.25, -0.2) is 13.2 Å². The van der Waals surface area contributed by atoms with E-state index in [-0.39, 0.29) is 0 Å². The number of rotatable bonds is 1. The molecule has 0 heterocycles. The Balaban J connectivity index is 3.14. The molecule has 1 nitrogen and oxygen atoms in total. The number of alkyl halides is 2. The van der Waals surface area contributed by atoms with Crippen LogP contribution in [0.2, 0.25) is 0 Å². The minimum absolute atomic E-state index is 0.401. The Morgan fingerprint density at radius 2 is 1.92 bits per heavy atom.